The van der Waals surface area contributed by atoms with Gasteiger partial charge in [0.2, 0.25) is 0 Å². The Morgan fingerprint density at radius 1 is 1.23 bits per heavy atom. The molecule has 0 heterocycles. The Hall–Kier alpha value is -0.240. The molecule has 0 saturated carbocycles. The first-order valence-electron chi connectivity index (χ1n) is 5.02. The number of carbonyl (C=O) groups is 1. The number of hydrogen-bond donors (Lipinski definition) is 0. The zero-order valence-corrected chi connectivity index (χ0v) is 9.11. The molecular weight excluding hydrogens is 188 g/mol. The topological polar surface area (TPSA) is 26.3 Å². The Balaban J connectivity index is 3.11. The number of hydrogen-bond acceptors (Lipinski definition) is 2. The molecule has 0 rings (SSSR count). The minimum atomic E-state index is -0.0822. The molecule has 0 spiro atoms. The van der Waals surface area contributed by atoms with E-state index in [2.05, 4.69) is 6.92 Å². The predicted molar refractivity (Wildman–Crippen MR) is 55.1 cm³/mol. The van der Waals surface area contributed by atoms with Crippen LogP contribution < -0.4 is 0 Å². The number of esters is 1. The maximum absolute atomic E-state index is 11.0. The average molecular weight is 207 g/mol. The molecule has 0 aliphatic carbocycles. The second-order valence-corrected chi connectivity index (χ2v) is 3.45. The number of halogens is 1. The Kier molecular flexibility index (Phi) is 9.66. The third-order valence-electron chi connectivity index (χ3n) is 1.78. The van der Waals surface area contributed by atoms with Crippen molar-refractivity contribution in [1.82, 2.24) is 0 Å². The molecule has 0 aromatic carbocycles. The fourth-order valence-corrected chi connectivity index (χ4v) is 1.16. The summed E-state index contributed by atoms with van der Waals surface area (Å²) >= 11 is 5.48. The number of rotatable bonds is 8. The molecule has 0 saturated heterocycles. The third-order valence-corrected chi connectivity index (χ3v) is 2.04. The van der Waals surface area contributed by atoms with E-state index in [9.17, 15) is 4.79 Å². The van der Waals surface area contributed by atoms with Crippen LogP contribution in [0.3, 0.4) is 0 Å². The predicted octanol–water partition coefficient (Wildman–Crippen LogP) is 3.13. The molecule has 0 unspecified atom stereocenters. The van der Waals surface area contributed by atoms with Crippen LogP contribution in [0.1, 0.15) is 45.4 Å². The Morgan fingerprint density at radius 2 is 2.00 bits per heavy atom. The quantitative estimate of drug-likeness (QED) is 0.347. The van der Waals surface area contributed by atoms with Gasteiger partial charge in [0.15, 0.2) is 0 Å². The second-order valence-electron chi connectivity index (χ2n) is 3.07. The highest BCUT2D eigenvalue weighted by Gasteiger charge is 2.00. The highest BCUT2D eigenvalue weighted by atomic mass is 35.5. The van der Waals surface area contributed by atoms with E-state index < -0.39 is 0 Å². The van der Waals surface area contributed by atoms with E-state index in [0.717, 1.165) is 32.1 Å². The fourth-order valence-electron chi connectivity index (χ4n) is 0.974. The van der Waals surface area contributed by atoms with Crippen molar-refractivity contribution in [3.05, 3.63) is 0 Å². The van der Waals surface area contributed by atoms with Gasteiger partial charge in [0.25, 0.3) is 0 Å². The van der Waals surface area contributed by atoms with Crippen molar-refractivity contribution in [1.29, 1.82) is 0 Å². The molecule has 0 aliphatic rings. The van der Waals surface area contributed by atoms with E-state index in [-0.39, 0.29) is 5.97 Å². The van der Waals surface area contributed by atoms with Crippen molar-refractivity contribution in [3.8, 4) is 0 Å². The summed E-state index contributed by atoms with van der Waals surface area (Å²) in [5, 5.41) is 0. The maximum atomic E-state index is 11.0. The van der Waals surface area contributed by atoms with Crippen molar-refractivity contribution in [2.24, 2.45) is 0 Å². The highest BCUT2D eigenvalue weighted by molar-refractivity contribution is 6.17. The standard InChI is InChI=1S/C10H19ClO2/c1-2-3-6-9-13-10(12)7-4-5-8-11/h2-9H2,1H3. The van der Waals surface area contributed by atoms with E-state index in [1.165, 1.54) is 0 Å². The summed E-state index contributed by atoms with van der Waals surface area (Å²) < 4.78 is 5.01. The van der Waals surface area contributed by atoms with Crippen molar-refractivity contribution in [2.75, 3.05) is 12.5 Å². The molecule has 0 aliphatic heterocycles. The van der Waals surface area contributed by atoms with Gasteiger partial charge >= 0.3 is 5.97 Å². The van der Waals surface area contributed by atoms with Crippen LogP contribution in [0.25, 0.3) is 0 Å². The van der Waals surface area contributed by atoms with Gasteiger partial charge in [-0.3, -0.25) is 4.79 Å². The summed E-state index contributed by atoms with van der Waals surface area (Å²) in [7, 11) is 0. The zero-order valence-electron chi connectivity index (χ0n) is 8.35. The fraction of sp³-hybridized carbons (Fsp3) is 0.900. The first-order chi connectivity index (χ1) is 6.31. The van der Waals surface area contributed by atoms with Crippen LogP contribution >= 0.6 is 11.6 Å². The third kappa shape index (κ3) is 9.68. The number of ether oxygens (including phenoxy) is 1. The molecule has 0 aromatic heterocycles. The van der Waals surface area contributed by atoms with Crippen LogP contribution in [0.2, 0.25) is 0 Å². The molecule has 0 N–H and O–H groups in total. The summed E-state index contributed by atoms with van der Waals surface area (Å²) in [4.78, 5) is 11.0. The lowest BCUT2D eigenvalue weighted by Crippen LogP contribution is -2.05. The Labute approximate surface area is 85.6 Å². The monoisotopic (exact) mass is 206 g/mol. The normalized spacial score (nSPS) is 10.0. The van der Waals surface area contributed by atoms with Crippen LogP contribution in [0.15, 0.2) is 0 Å². The van der Waals surface area contributed by atoms with E-state index in [1.54, 1.807) is 0 Å². The molecule has 0 atom stereocenters. The van der Waals surface area contributed by atoms with Gasteiger partial charge in [-0.1, -0.05) is 19.8 Å². The number of alkyl halides is 1. The van der Waals surface area contributed by atoms with Crippen LogP contribution in [-0.4, -0.2) is 18.5 Å². The smallest absolute Gasteiger partial charge is 0.305 e. The van der Waals surface area contributed by atoms with Gasteiger partial charge in [-0.25, -0.2) is 0 Å². The van der Waals surface area contributed by atoms with Gasteiger partial charge < -0.3 is 4.74 Å². The van der Waals surface area contributed by atoms with E-state index >= 15 is 0 Å². The first-order valence-corrected chi connectivity index (χ1v) is 5.56. The molecule has 0 amide bonds. The first kappa shape index (κ1) is 12.8. The van der Waals surface area contributed by atoms with Gasteiger partial charge in [0.05, 0.1) is 6.61 Å². The summed E-state index contributed by atoms with van der Waals surface area (Å²) in [6.07, 6.45) is 5.52. The Morgan fingerprint density at radius 3 is 2.62 bits per heavy atom. The van der Waals surface area contributed by atoms with E-state index in [0.29, 0.717) is 18.9 Å². The van der Waals surface area contributed by atoms with Crippen molar-refractivity contribution in [2.45, 2.75) is 45.4 Å². The lowest BCUT2D eigenvalue weighted by molar-refractivity contribution is -0.143. The van der Waals surface area contributed by atoms with Gasteiger partial charge in [0, 0.05) is 12.3 Å². The molecule has 3 heteroatoms. The molecular formula is C10H19ClO2. The average Bonchev–Trinajstić information content (AvgIpc) is 2.13. The van der Waals surface area contributed by atoms with Crippen LogP contribution in [0.5, 0.6) is 0 Å². The van der Waals surface area contributed by atoms with Crippen molar-refractivity contribution < 1.29 is 9.53 Å². The molecule has 2 nitrogen and oxygen atoms in total. The highest BCUT2D eigenvalue weighted by Crippen LogP contribution is 2.00. The van der Waals surface area contributed by atoms with Gasteiger partial charge in [-0.15, -0.1) is 11.6 Å². The van der Waals surface area contributed by atoms with Crippen LogP contribution in [0, 0.1) is 0 Å². The van der Waals surface area contributed by atoms with Crippen molar-refractivity contribution in [3.63, 3.8) is 0 Å². The summed E-state index contributed by atoms with van der Waals surface area (Å²) in [6.45, 7) is 2.70. The van der Waals surface area contributed by atoms with E-state index in [1.807, 2.05) is 0 Å². The van der Waals surface area contributed by atoms with Crippen LogP contribution in [0.4, 0.5) is 0 Å². The molecule has 78 valence electrons. The minimum absolute atomic E-state index is 0.0822. The maximum Gasteiger partial charge on any atom is 0.305 e. The molecule has 0 aromatic rings. The van der Waals surface area contributed by atoms with Gasteiger partial charge in [-0.2, -0.15) is 0 Å². The molecule has 13 heavy (non-hydrogen) atoms. The summed E-state index contributed by atoms with van der Waals surface area (Å²) in [6, 6.07) is 0. The molecule has 0 bridgehead atoms. The minimum Gasteiger partial charge on any atom is -0.466 e. The van der Waals surface area contributed by atoms with E-state index in [4.69, 9.17) is 16.3 Å². The van der Waals surface area contributed by atoms with Gasteiger partial charge in [0.1, 0.15) is 0 Å². The largest absolute Gasteiger partial charge is 0.466 e. The molecule has 0 fully saturated rings. The van der Waals surface area contributed by atoms with Gasteiger partial charge in [-0.05, 0) is 19.3 Å². The summed E-state index contributed by atoms with van der Waals surface area (Å²) in [5.74, 6) is 0.546. The summed E-state index contributed by atoms with van der Waals surface area (Å²) in [5.41, 5.74) is 0. The van der Waals surface area contributed by atoms with Crippen LogP contribution in [-0.2, 0) is 9.53 Å². The van der Waals surface area contributed by atoms with Crippen molar-refractivity contribution >= 4 is 17.6 Å². The zero-order chi connectivity index (χ0) is 9.94. The molecule has 0 radical (unpaired) electrons. The lowest BCUT2D eigenvalue weighted by Gasteiger charge is -2.03. The number of carbonyl (C=O) groups excluding carboxylic acids is 1. The second kappa shape index (κ2) is 9.85. The Bertz CT molecular complexity index is 126. The SMILES string of the molecule is CCCCCOC(=O)CCCCCl. The lowest BCUT2D eigenvalue weighted by atomic mass is 10.2. The number of unbranched alkanes of at least 4 members (excludes halogenated alkanes) is 3.